The molecule has 0 rings (SSSR count). The highest BCUT2D eigenvalue weighted by Crippen LogP contribution is 2.28. The highest BCUT2D eigenvalue weighted by Gasteiger charge is 2.36. The average Bonchev–Trinajstić information content (AvgIpc) is 2.30. The average molecular weight is 243 g/mol. The van der Waals surface area contributed by atoms with Crippen molar-refractivity contribution in [3.63, 3.8) is 0 Å². The number of hydrogen-bond donors (Lipinski definition) is 1. The van der Waals surface area contributed by atoms with Crippen LogP contribution in [-0.2, 0) is 0 Å². The lowest BCUT2D eigenvalue weighted by atomic mass is 9.83. The summed E-state index contributed by atoms with van der Waals surface area (Å²) in [6.45, 7) is 15.3. The lowest BCUT2D eigenvalue weighted by Gasteiger charge is -2.44. The molecule has 0 fully saturated rings. The predicted octanol–water partition coefficient (Wildman–Crippen LogP) is 3.68. The van der Waals surface area contributed by atoms with Crippen molar-refractivity contribution in [1.29, 1.82) is 0 Å². The fraction of sp³-hybridized carbons (Fsp3) is 1.00. The van der Waals surface area contributed by atoms with Crippen LogP contribution in [0.4, 0.5) is 0 Å². The van der Waals surface area contributed by atoms with Crippen LogP contribution in [-0.4, -0.2) is 34.7 Å². The second kappa shape index (κ2) is 8.10. The first kappa shape index (κ1) is 16.9. The molecule has 2 nitrogen and oxygen atoms in total. The molecule has 0 amide bonds. The van der Waals surface area contributed by atoms with Gasteiger partial charge in [-0.25, -0.2) is 0 Å². The van der Waals surface area contributed by atoms with Gasteiger partial charge in [-0.3, -0.25) is 4.90 Å². The number of aliphatic hydroxyl groups excluding tert-OH is 1. The summed E-state index contributed by atoms with van der Waals surface area (Å²) in [6, 6.07) is 0. The Kier molecular flexibility index (Phi) is 8.06. The first-order valence-electron chi connectivity index (χ1n) is 7.39. The van der Waals surface area contributed by atoms with Gasteiger partial charge in [0.15, 0.2) is 0 Å². The zero-order valence-corrected chi connectivity index (χ0v) is 12.8. The topological polar surface area (TPSA) is 23.5 Å². The molecule has 0 aliphatic carbocycles. The van der Waals surface area contributed by atoms with Gasteiger partial charge in [0.1, 0.15) is 0 Å². The quantitative estimate of drug-likeness (QED) is 0.667. The molecule has 0 bridgehead atoms. The van der Waals surface area contributed by atoms with Gasteiger partial charge < -0.3 is 5.11 Å². The molecule has 0 spiro atoms. The van der Waals surface area contributed by atoms with E-state index in [9.17, 15) is 5.11 Å². The Morgan fingerprint density at radius 3 is 2.00 bits per heavy atom. The summed E-state index contributed by atoms with van der Waals surface area (Å²) in [6.07, 6.45) is 4.15. The molecule has 0 aromatic carbocycles. The Balaban J connectivity index is 4.61. The SMILES string of the molecule is CCCC(C)CC(O)C(C)(CC)N(CC)CC. The van der Waals surface area contributed by atoms with E-state index < -0.39 is 0 Å². The highest BCUT2D eigenvalue weighted by molar-refractivity contribution is 4.91. The third-order valence-corrected chi connectivity index (χ3v) is 4.33. The van der Waals surface area contributed by atoms with E-state index in [-0.39, 0.29) is 11.6 Å². The van der Waals surface area contributed by atoms with Gasteiger partial charge in [0, 0.05) is 5.54 Å². The maximum Gasteiger partial charge on any atom is 0.0723 e. The number of likely N-dealkylation sites (N-methyl/N-ethyl adjacent to an activating group) is 1. The first-order chi connectivity index (χ1) is 7.96. The predicted molar refractivity (Wildman–Crippen MR) is 76.3 cm³/mol. The molecule has 104 valence electrons. The summed E-state index contributed by atoms with van der Waals surface area (Å²) < 4.78 is 0. The molecule has 17 heavy (non-hydrogen) atoms. The molecule has 3 unspecified atom stereocenters. The molecule has 0 saturated heterocycles. The van der Waals surface area contributed by atoms with E-state index in [2.05, 4.69) is 46.4 Å². The van der Waals surface area contributed by atoms with E-state index in [4.69, 9.17) is 0 Å². The van der Waals surface area contributed by atoms with E-state index in [1.165, 1.54) is 12.8 Å². The van der Waals surface area contributed by atoms with Crippen LogP contribution < -0.4 is 0 Å². The van der Waals surface area contributed by atoms with E-state index in [0.29, 0.717) is 5.92 Å². The fourth-order valence-corrected chi connectivity index (χ4v) is 2.86. The van der Waals surface area contributed by atoms with E-state index in [1.54, 1.807) is 0 Å². The van der Waals surface area contributed by atoms with Crippen LogP contribution in [0.2, 0.25) is 0 Å². The molecule has 0 aromatic heterocycles. The van der Waals surface area contributed by atoms with Crippen molar-refractivity contribution in [3.05, 3.63) is 0 Å². The minimum Gasteiger partial charge on any atom is -0.391 e. The van der Waals surface area contributed by atoms with Gasteiger partial charge in [-0.05, 0) is 38.8 Å². The van der Waals surface area contributed by atoms with E-state index in [1.807, 2.05) is 0 Å². The van der Waals surface area contributed by atoms with Crippen LogP contribution in [0.15, 0.2) is 0 Å². The van der Waals surface area contributed by atoms with Gasteiger partial charge in [0.05, 0.1) is 6.10 Å². The number of aliphatic hydroxyl groups is 1. The fourth-order valence-electron chi connectivity index (χ4n) is 2.86. The standard InChI is InChI=1S/C15H33NO/c1-7-11-13(5)12-14(17)15(6,8-2)16(9-3)10-4/h13-14,17H,7-12H2,1-6H3. The third kappa shape index (κ3) is 4.59. The van der Waals surface area contributed by atoms with Gasteiger partial charge >= 0.3 is 0 Å². The van der Waals surface area contributed by atoms with Gasteiger partial charge in [-0.2, -0.15) is 0 Å². The van der Waals surface area contributed by atoms with Crippen molar-refractivity contribution in [2.75, 3.05) is 13.1 Å². The van der Waals surface area contributed by atoms with Crippen LogP contribution in [0.1, 0.15) is 67.2 Å². The van der Waals surface area contributed by atoms with Crippen molar-refractivity contribution in [2.45, 2.75) is 78.9 Å². The smallest absolute Gasteiger partial charge is 0.0723 e. The second-order valence-corrected chi connectivity index (χ2v) is 5.53. The van der Waals surface area contributed by atoms with Crippen LogP contribution in [0.5, 0.6) is 0 Å². The molecule has 0 radical (unpaired) electrons. The molecular formula is C15H33NO. The lowest BCUT2D eigenvalue weighted by molar-refractivity contribution is -0.0309. The van der Waals surface area contributed by atoms with Crippen LogP contribution in [0, 0.1) is 5.92 Å². The van der Waals surface area contributed by atoms with Crippen LogP contribution in [0.3, 0.4) is 0 Å². The van der Waals surface area contributed by atoms with Gasteiger partial charge in [0.25, 0.3) is 0 Å². The molecular weight excluding hydrogens is 210 g/mol. The Bertz CT molecular complexity index is 191. The maximum absolute atomic E-state index is 10.6. The van der Waals surface area contributed by atoms with Crippen molar-refractivity contribution in [1.82, 2.24) is 4.90 Å². The summed E-state index contributed by atoms with van der Waals surface area (Å²) in [4.78, 5) is 2.40. The zero-order valence-electron chi connectivity index (χ0n) is 12.8. The molecule has 0 aromatic rings. The second-order valence-electron chi connectivity index (χ2n) is 5.53. The van der Waals surface area contributed by atoms with Crippen molar-refractivity contribution < 1.29 is 5.11 Å². The summed E-state index contributed by atoms with van der Waals surface area (Å²) in [7, 11) is 0. The molecule has 1 N–H and O–H groups in total. The van der Waals surface area contributed by atoms with Crippen molar-refractivity contribution in [2.24, 2.45) is 5.92 Å². The Labute approximate surface area is 108 Å². The highest BCUT2D eigenvalue weighted by atomic mass is 16.3. The summed E-state index contributed by atoms with van der Waals surface area (Å²) in [5.74, 6) is 0.622. The number of nitrogens with zero attached hydrogens (tertiary/aromatic N) is 1. The first-order valence-corrected chi connectivity index (χ1v) is 7.39. The Morgan fingerprint density at radius 1 is 1.12 bits per heavy atom. The zero-order chi connectivity index (χ0) is 13.5. The number of rotatable bonds is 9. The molecule has 2 heteroatoms. The van der Waals surface area contributed by atoms with E-state index in [0.717, 1.165) is 25.9 Å². The monoisotopic (exact) mass is 243 g/mol. The molecule has 0 saturated carbocycles. The lowest BCUT2D eigenvalue weighted by Crippen LogP contribution is -2.54. The normalized spacial score (nSPS) is 19.1. The molecule has 3 atom stereocenters. The summed E-state index contributed by atoms with van der Waals surface area (Å²) in [5.41, 5.74) is -0.0640. The maximum atomic E-state index is 10.6. The summed E-state index contributed by atoms with van der Waals surface area (Å²) >= 11 is 0. The van der Waals surface area contributed by atoms with Crippen molar-refractivity contribution in [3.8, 4) is 0 Å². The van der Waals surface area contributed by atoms with Crippen LogP contribution >= 0.6 is 0 Å². The number of hydrogen-bond acceptors (Lipinski definition) is 2. The van der Waals surface area contributed by atoms with Gasteiger partial charge in [-0.1, -0.05) is 47.5 Å². The Hall–Kier alpha value is -0.0800. The van der Waals surface area contributed by atoms with E-state index >= 15 is 0 Å². The summed E-state index contributed by atoms with van der Waals surface area (Å²) in [5, 5.41) is 10.6. The molecule has 0 aliphatic heterocycles. The Morgan fingerprint density at radius 2 is 1.65 bits per heavy atom. The van der Waals surface area contributed by atoms with Gasteiger partial charge in [-0.15, -0.1) is 0 Å². The van der Waals surface area contributed by atoms with Crippen LogP contribution in [0.25, 0.3) is 0 Å². The van der Waals surface area contributed by atoms with Crippen molar-refractivity contribution >= 4 is 0 Å². The third-order valence-electron chi connectivity index (χ3n) is 4.33. The molecule has 0 heterocycles. The minimum atomic E-state index is -0.214. The van der Waals surface area contributed by atoms with Gasteiger partial charge in [0.2, 0.25) is 0 Å². The minimum absolute atomic E-state index is 0.0640. The molecule has 0 aliphatic rings. The largest absolute Gasteiger partial charge is 0.391 e.